The van der Waals surface area contributed by atoms with Crippen molar-refractivity contribution in [3.05, 3.63) is 70.2 Å². The average molecular weight is 372 g/mol. The predicted molar refractivity (Wildman–Crippen MR) is 106 cm³/mol. The van der Waals surface area contributed by atoms with Gasteiger partial charge >= 0.3 is 6.09 Å². The summed E-state index contributed by atoms with van der Waals surface area (Å²) in [5.74, 6) is 0.456. The van der Waals surface area contributed by atoms with Gasteiger partial charge in [-0.1, -0.05) is 60.5 Å². The lowest BCUT2D eigenvalue weighted by molar-refractivity contribution is 0.124. The molecule has 0 aliphatic carbocycles. The van der Waals surface area contributed by atoms with Gasteiger partial charge in [-0.2, -0.15) is 0 Å². The number of cyclic esters (lactones) is 1. The van der Waals surface area contributed by atoms with Gasteiger partial charge in [-0.25, -0.2) is 4.79 Å². The minimum atomic E-state index is -0.222. The second-order valence-corrected chi connectivity index (χ2v) is 7.71. The van der Waals surface area contributed by atoms with Crippen molar-refractivity contribution in [1.82, 2.24) is 4.90 Å². The van der Waals surface area contributed by atoms with E-state index in [0.29, 0.717) is 17.5 Å². The Bertz CT molecular complexity index is 742. The van der Waals surface area contributed by atoms with Crippen LogP contribution in [-0.2, 0) is 4.74 Å². The summed E-state index contributed by atoms with van der Waals surface area (Å²) < 4.78 is 5.61. The molecule has 2 aromatic carbocycles. The van der Waals surface area contributed by atoms with Gasteiger partial charge in [-0.15, -0.1) is 0 Å². The van der Waals surface area contributed by atoms with E-state index in [2.05, 4.69) is 38.1 Å². The molecule has 0 aromatic heterocycles. The van der Waals surface area contributed by atoms with E-state index in [4.69, 9.17) is 16.3 Å². The lowest BCUT2D eigenvalue weighted by Gasteiger charge is -2.22. The predicted octanol–water partition coefficient (Wildman–Crippen LogP) is 6.11. The molecular weight excluding hydrogens is 346 g/mol. The highest BCUT2D eigenvalue weighted by Gasteiger charge is 2.34. The van der Waals surface area contributed by atoms with Crippen molar-refractivity contribution in [3.63, 3.8) is 0 Å². The van der Waals surface area contributed by atoms with Gasteiger partial charge in [0.05, 0.1) is 12.6 Å². The highest BCUT2D eigenvalue weighted by molar-refractivity contribution is 6.30. The van der Waals surface area contributed by atoms with Crippen molar-refractivity contribution in [3.8, 4) is 0 Å². The summed E-state index contributed by atoms with van der Waals surface area (Å²) in [6.45, 7) is 7.00. The van der Waals surface area contributed by atoms with Crippen LogP contribution in [0.25, 0.3) is 0 Å². The molecule has 4 heteroatoms. The van der Waals surface area contributed by atoms with Crippen LogP contribution in [0.4, 0.5) is 4.79 Å². The lowest BCUT2D eigenvalue weighted by atomic mass is 9.94. The number of carbonyl (C=O) groups excluding carboxylic acids is 1. The Kier molecular flexibility index (Phi) is 5.87. The molecule has 3 rings (SSSR count). The van der Waals surface area contributed by atoms with Gasteiger partial charge in [0.15, 0.2) is 0 Å². The fraction of sp³-hybridized carbons (Fsp3) is 0.409. The molecule has 1 heterocycles. The lowest BCUT2D eigenvalue weighted by Crippen LogP contribution is -2.28. The molecule has 138 valence electrons. The Labute approximate surface area is 160 Å². The first kappa shape index (κ1) is 18.8. The zero-order chi connectivity index (χ0) is 18.7. The van der Waals surface area contributed by atoms with Crippen LogP contribution in [0, 0.1) is 6.92 Å². The summed E-state index contributed by atoms with van der Waals surface area (Å²) in [6.07, 6.45) is 1.63. The van der Waals surface area contributed by atoms with Crippen LogP contribution in [0.2, 0.25) is 5.02 Å². The Balaban J connectivity index is 1.55. The van der Waals surface area contributed by atoms with E-state index in [9.17, 15) is 4.79 Å². The SMILES string of the molecule is Cc1ccc([C@H](C)CC[C@H]2CN([C@@H](C)c3ccc(Cl)cc3)C(=O)O2)cc1. The van der Waals surface area contributed by atoms with Crippen LogP contribution < -0.4 is 0 Å². The second-order valence-electron chi connectivity index (χ2n) is 7.27. The summed E-state index contributed by atoms with van der Waals surface area (Å²) in [5, 5.41) is 0.702. The van der Waals surface area contributed by atoms with Gasteiger partial charge in [-0.05, 0) is 55.9 Å². The Morgan fingerprint density at radius 3 is 2.35 bits per heavy atom. The number of ether oxygens (including phenoxy) is 1. The van der Waals surface area contributed by atoms with E-state index >= 15 is 0 Å². The summed E-state index contributed by atoms with van der Waals surface area (Å²) in [4.78, 5) is 14.1. The van der Waals surface area contributed by atoms with E-state index < -0.39 is 0 Å². The number of nitrogens with zero attached hydrogens (tertiary/aromatic N) is 1. The fourth-order valence-corrected chi connectivity index (χ4v) is 3.55. The normalized spacial score (nSPS) is 19.3. The number of hydrogen-bond donors (Lipinski definition) is 0. The van der Waals surface area contributed by atoms with E-state index in [1.165, 1.54) is 11.1 Å². The monoisotopic (exact) mass is 371 g/mol. The Hall–Kier alpha value is -2.00. The van der Waals surface area contributed by atoms with Crippen LogP contribution >= 0.6 is 11.6 Å². The highest BCUT2D eigenvalue weighted by Crippen LogP contribution is 2.30. The molecule has 3 atom stereocenters. The quantitative estimate of drug-likeness (QED) is 0.612. The highest BCUT2D eigenvalue weighted by atomic mass is 35.5. The van der Waals surface area contributed by atoms with E-state index in [0.717, 1.165) is 18.4 Å². The third kappa shape index (κ3) is 4.39. The van der Waals surface area contributed by atoms with Gasteiger partial charge < -0.3 is 4.74 Å². The van der Waals surface area contributed by atoms with Crippen molar-refractivity contribution in [2.24, 2.45) is 0 Å². The van der Waals surface area contributed by atoms with E-state index in [1.54, 1.807) is 0 Å². The third-order valence-electron chi connectivity index (χ3n) is 5.29. The number of rotatable bonds is 6. The fourth-order valence-electron chi connectivity index (χ4n) is 3.43. The molecule has 0 spiro atoms. The molecule has 1 aliphatic heterocycles. The van der Waals surface area contributed by atoms with Gasteiger partial charge in [-0.3, -0.25) is 4.90 Å². The van der Waals surface area contributed by atoms with E-state index in [1.807, 2.05) is 36.1 Å². The molecule has 1 saturated heterocycles. The number of aryl methyl sites for hydroxylation is 1. The second kappa shape index (κ2) is 8.13. The number of amides is 1. The summed E-state index contributed by atoms with van der Waals surface area (Å²) in [5.41, 5.74) is 3.68. The maximum absolute atomic E-state index is 12.3. The molecule has 0 unspecified atom stereocenters. The molecular formula is C22H26ClNO2. The smallest absolute Gasteiger partial charge is 0.410 e. The molecule has 26 heavy (non-hydrogen) atoms. The van der Waals surface area contributed by atoms with Crippen LogP contribution in [0.1, 0.15) is 55.3 Å². The van der Waals surface area contributed by atoms with Crippen molar-refractivity contribution in [1.29, 1.82) is 0 Å². The molecule has 1 fully saturated rings. The van der Waals surface area contributed by atoms with Gasteiger partial charge in [0, 0.05) is 5.02 Å². The van der Waals surface area contributed by atoms with Crippen molar-refractivity contribution < 1.29 is 9.53 Å². The van der Waals surface area contributed by atoms with Crippen LogP contribution in [0.15, 0.2) is 48.5 Å². The number of benzene rings is 2. The maximum atomic E-state index is 12.3. The molecule has 0 N–H and O–H groups in total. The zero-order valence-corrected chi connectivity index (χ0v) is 16.4. The molecule has 1 aliphatic rings. The average Bonchev–Trinajstić information content (AvgIpc) is 3.01. The van der Waals surface area contributed by atoms with E-state index in [-0.39, 0.29) is 18.2 Å². The van der Waals surface area contributed by atoms with Crippen LogP contribution in [-0.4, -0.2) is 23.6 Å². The maximum Gasteiger partial charge on any atom is 0.410 e. The van der Waals surface area contributed by atoms with Crippen molar-refractivity contribution in [2.75, 3.05) is 6.54 Å². The molecule has 3 nitrogen and oxygen atoms in total. The first-order chi connectivity index (χ1) is 12.4. The first-order valence-corrected chi connectivity index (χ1v) is 9.61. The summed E-state index contributed by atoms with van der Waals surface area (Å²) >= 11 is 5.95. The number of carbonyl (C=O) groups is 1. The molecule has 0 bridgehead atoms. The van der Waals surface area contributed by atoms with Gasteiger partial charge in [0.2, 0.25) is 0 Å². The Morgan fingerprint density at radius 1 is 1.08 bits per heavy atom. The minimum absolute atomic E-state index is 0.0145. The van der Waals surface area contributed by atoms with Gasteiger partial charge in [0.1, 0.15) is 6.10 Å². The van der Waals surface area contributed by atoms with Crippen LogP contribution in [0.3, 0.4) is 0 Å². The molecule has 0 radical (unpaired) electrons. The summed E-state index contributed by atoms with van der Waals surface area (Å²) in [7, 11) is 0. The Morgan fingerprint density at radius 2 is 1.69 bits per heavy atom. The first-order valence-electron chi connectivity index (χ1n) is 9.23. The molecule has 2 aromatic rings. The van der Waals surface area contributed by atoms with Crippen LogP contribution in [0.5, 0.6) is 0 Å². The minimum Gasteiger partial charge on any atom is -0.444 e. The van der Waals surface area contributed by atoms with Crippen molar-refractivity contribution >= 4 is 17.7 Å². The standard InChI is InChI=1S/C22H26ClNO2/c1-15-4-7-18(8-5-15)16(2)6-13-21-14-24(22(25)26-21)17(3)19-9-11-20(23)12-10-19/h4-5,7-12,16-17,21H,6,13-14H2,1-3H3/t16-,17+,21+/m1/s1. The molecule has 0 saturated carbocycles. The van der Waals surface area contributed by atoms with Crippen molar-refractivity contribution in [2.45, 2.75) is 51.7 Å². The largest absolute Gasteiger partial charge is 0.444 e. The zero-order valence-electron chi connectivity index (χ0n) is 15.6. The van der Waals surface area contributed by atoms with Gasteiger partial charge in [0.25, 0.3) is 0 Å². The number of hydrogen-bond acceptors (Lipinski definition) is 2. The molecule has 1 amide bonds. The third-order valence-corrected chi connectivity index (χ3v) is 5.54. The topological polar surface area (TPSA) is 29.5 Å². The summed E-state index contributed by atoms with van der Waals surface area (Å²) in [6, 6.07) is 16.3. The number of halogens is 1.